The molecular weight excluding hydrogens is 348 g/mol. The van der Waals surface area contributed by atoms with Crippen molar-refractivity contribution in [1.82, 2.24) is 10.3 Å². The van der Waals surface area contributed by atoms with Crippen LogP contribution in [0.15, 0.2) is 28.7 Å². The molecule has 0 radical (unpaired) electrons. The number of hydrogen-bond donors (Lipinski definition) is 3. The number of H-pyrrole nitrogens is 1. The van der Waals surface area contributed by atoms with Gasteiger partial charge in [-0.2, -0.15) is 0 Å². The number of carbonyl (C=O) groups is 2. The van der Waals surface area contributed by atoms with E-state index in [-0.39, 0.29) is 12.3 Å². The number of aromatic amines is 1. The minimum absolute atomic E-state index is 0.0233. The van der Waals surface area contributed by atoms with E-state index in [1.54, 1.807) is 6.07 Å². The van der Waals surface area contributed by atoms with Crippen LogP contribution >= 0.6 is 15.9 Å². The highest BCUT2D eigenvalue weighted by Gasteiger charge is 2.37. The molecule has 1 saturated carbocycles. The van der Waals surface area contributed by atoms with Crippen LogP contribution in [0.3, 0.4) is 0 Å². The molecule has 1 aliphatic carbocycles. The van der Waals surface area contributed by atoms with Crippen LogP contribution in [-0.4, -0.2) is 27.5 Å². The predicted octanol–water partition coefficient (Wildman–Crippen LogP) is 3.45. The molecule has 0 aliphatic heterocycles. The summed E-state index contributed by atoms with van der Waals surface area (Å²) in [5, 5.41) is 13.0. The van der Waals surface area contributed by atoms with E-state index in [4.69, 9.17) is 5.11 Å². The second-order valence-electron chi connectivity index (χ2n) is 5.93. The van der Waals surface area contributed by atoms with Gasteiger partial charge in [0.15, 0.2) is 0 Å². The van der Waals surface area contributed by atoms with E-state index in [2.05, 4.69) is 26.2 Å². The standard InChI is InChI=1S/C16H17BrN2O3/c17-11-3-4-12-10(7-11)8-13(18-12)15(22)19-16(9-14(20)21)5-1-2-6-16/h3-4,7-8,18H,1-2,5-6,9H2,(H,19,22)(H,20,21). The first-order valence-electron chi connectivity index (χ1n) is 7.30. The van der Waals surface area contributed by atoms with Crippen molar-refractivity contribution in [3.8, 4) is 0 Å². The molecule has 1 amide bonds. The number of carboxylic acids is 1. The number of aromatic nitrogens is 1. The molecule has 1 heterocycles. The number of rotatable bonds is 4. The summed E-state index contributed by atoms with van der Waals surface area (Å²) in [4.78, 5) is 26.7. The molecule has 0 saturated heterocycles. The molecule has 116 valence electrons. The summed E-state index contributed by atoms with van der Waals surface area (Å²) in [5.41, 5.74) is 0.734. The fourth-order valence-electron chi connectivity index (χ4n) is 3.22. The number of fused-ring (bicyclic) bond motifs is 1. The number of aliphatic carboxylic acids is 1. The molecule has 3 rings (SSSR count). The van der Waals surface area contributed by atoms with E-state index in [0.29, 0.717) is 5.69 Å². The summed E-state index contributed by atoms with van der Waals surface area (Å²) in [6.45, 7) is 0. The highest BCUT2D eigenvalue weighted by molar-refractivity contribution is 9.10. The summed E-state index contributed by atoms with van der Waals surface area (Å²) in [7, 11) is 0. The van der Waals surface area contributed by atoms with E-state index in [1.807, 2.05) is 18.2 Å². The lowest BCUT2D eigenvalue weighted by atomic mass is 9.93. The molecular formula is C16H17BrN2O3. The maximum atomic E-state index is 12.5. The predicted molar refractivity (Wildman–Crippen MR) is 86.9 cm³/mol. The topological polar surface area (TPSA) is 82.2 Å². The summed E-state index contributed by atoms with van der Waals surface area (Å²) in [5.74, 6) is -1.11. The lowest BCUT2D eigenvalue weighted by molar-refractivity contribution is -0.138. The second-order valence-corrected chi connectivity index (χ2v) is 6.84. The zero-order chi connectivity index (χ0) is 15.7. The average molecular weight is 365 g/mol. The van der Waals surface area contributed by atoms with Gasteiger partial charge in [0.05, 0.1) is 12.0 Å². The third-order valence-electron chi connectivity index (χ3n) is 4.26. The van der Waals surface area contributed by atoms with Crippen molar-refractivity contribution in [2.24, 2.45) is 0 Å². The summed E-state index contributed by atoms with van der Waals surface area (Å²) >= 11 is 3.41. The Morgan fingerprint density at radius 2 is 2.00 bits per heavy atom. The van der Waals surface area contributed by atoms with Gasteiger partial charge in [-0.25, -0.2) is 0 Å². The van der Waals surface area contributed by atoms with Crippen LogP contribution in [0.5, 0.6) is 0 Å². The fraction of sp³-hybridized carbons (Fsp3) is 0.375. The third kappa shape index (κ3) is 3.02. The smallest absolute Gasteiger partial charge is 0.305 e. The van der Waals surface area contributed by atoms with Crippen LogP contribution in [-0.2, 0) is 4.79 Å². The molecule has 22 heavy (non-hydrogen) atoms. The Hall–Kier alpha value is -1.82. The van der Waals surface area contributed by atoms with Crippen LogP contribution < -0.4 is 5.32 Å². The lowest BCUT2D eigenvalue weighted by Crippen LogP contribution is -2.47. The van der Waals surface area contributed by atoms with Gasteiger partial charge in [0.2, 0.25) is 0 Å². The first kappa shape index (κ1) is 15.1. The molecule has 1 aromatic carbocycles. The average Bonchev–Trinajstić information content (AvgIpc) is 3.04. The van der Waals surface area contributed by atoms with Crippen molar-refractivity contribution in [3.63, 3.8) is 0 Å². The molecule has 1 aromatic heterocycles. The van der Waals surface area contributed by atoms with Crippen molar-refractivity contribution < 1.29 is 14.7 Å². The van der Waals surface area contributed by atoms with Crippen LogP contribution in [0.2, 0.25) is 0 Å². The minimum Gasteiger partial charge on any atom is -0.481 e. The van der Waals surface area contributed by atoms with E-state index >= 15 is 0 Å². The Morgan fingerprint density at radius 1 is 1.27 bits per heavy atom. The largest absolute Gasteiger partial charge is 0.481 e. The van der Waals surface area contributed by atoms with Crippen LogP contribution in [0, 0.1) is 0 Å². The molecule has 1 aliphatic rings. The monoisotopic (exact) mass is 364 g/mol. The highest BCUT2D eigenvalue weighted by Crippen LogP contribution is 2.33. The third-order valence-corrected chi connectivity index (χ3v) is 4.75. The molecule has 6 heteroatoms. The molecule has 3 N–H and O–H groups in total. The van der Waals surface area contributed by atoms with Gasteiger partial charge in [0.25, 0.3) is 5.91 Å². The number of carboxylic acid groups (broad SMARTS) is 1. The molecule has 0 spiro atoms. The van der Waals surface area contributed by atoms with Gasteiger partial charge in [0.1, 0.15) is 5.69 Å². The van der Waals surface area contributed by atoms with Gasteiger partial charge in [0, 0.05) is 15.4 Å². The molecule has 0 unspecified atom stereocenters. The molecule has 5 nitrogen and oxygen atoms in total. The molecule has 0 bridgehead atoms. The van der Waals surface area contributed by atoms with Gasteiger partial charge >= 0.3 is 5.97 Å². The Balaban J connectivity index is 1.83. The molecule has 0 atom stereocenters. The normalized spacial score (nSPS) is 16.8. The maximum absolute atomic E-state index is 12.5. The van der Waals surface area contributed by atoms with Crippen molar-refractivity contribution in [3.05, 3.63) is 34.4 Å². The van der Waals surface area contributed by atoms with Crippen molar-refractivity contribution in [1.29, 1.82) is 0 Å². The Labute approximate surface area is 136 Å². The number of nitrogens with one attached hydrogen (secondary N) is 2. The number of carbonyl (C=O) groups excluding carboxylic acids is 1. The van der Waals surface area contributed by atoms with Gasteiger partial charge in [-0.05, 0) is 37.1 Å². The Kier molecular flexibility index (Phi) is 3.95. The van der Waals surface area contributed by atoms with E-state index < -0.39 is 11.5 Å². The number of benzene rings is 1. The fourth-order valence-corrected chi connectivity index (χ4v) is 3.60. The van der Waals surface area contributed by atoms with E-state index in [0.717, 1.165) is 41.1 Å². The van der Waals surface area contributed by atoms with Gasteiger partial charge in [-0.3, -0.25) is 9.59 Å². The maximum Gasteiger partial charge on any atom is 0.305 e. The van der Waals surface area contributed by atoms with Crippen molar-refractivity contribution in [2.75, 3.05) is 0 Å². The zero-order valence-electron chi connectivity index (χ0n) is 12.0. The van der Waals surface area contributed by atoms with Gasteiger partial charge < -0.3 is 15.4 Å². The highest BCUT2D eigenvalue weighted by atomic mass is 79.9. The summed E-state index contributed by atoms with van der Waals surface area (Å²) in [6.07, 6.45) is 3.32. The lowest BCUT2D eigenvalue weighted by Gasteiger charge is -2.28. The van der Waals surface area contributed by atoms with Gasteiger partial charge in [-0.15, -0.1) is 0 Å². The minimum atomic E-state index is -0.872. The Morgan fingerprint density at radius 3 is 2.68 bits per heavy atom. The van der Waals surface area contributed by atoms with Crippen molar-refractivity contribution >= 4 is 38.7 Å². The SMILES string of the molecule is O=C(O)CC1(NC(=O)c2cc3cc(Br)ccc3[nH]2)CCCC1. The Bertz CT molecular complexity index is 732. The summed E-state index contributed by atoms with van der Waals surface area (Å²) in [6, 6.07) is 7.53. The quantitative estimate of drug-likeness (QED) is 0.776. The number of hydrogen-bond acceptors (Lipinski definition) is 2. The first-order chi connectivity index (χ1) is 10.5. The second kappa shape index (κ2) is 5.76. The van der Waals surface area contributed by atoms with Crippen LogP contribution in [0.1, 0.15) is 42.6 Å². The van der Waals surface area contributed by atoms with Gasteiger partial charge in [-0.1, -0.05) is 28.8 Å². The molecule has 2 aromatic rings. The first-order valence-corrected chi connectivity index (χ1v) is 8.09. The number of amides is 1. The number of halogens is 1. The van der Waals surface area contributed by atoms with E-state index in [1.165, 1.54) is 0 Å². The van der Waals surface area contributed by atoms with Crippen LogP contribution in [0.25, 0.3) is 10.9 Å². The zero-order valence-corrected chi connectivity index (χ0v) is 13.6. The van der Waals surface area contributed by atoms with Crippen molar-refractivity contribution in [2.45, 2.75) is 37.6 Å². The van der Waals surface area contributed by atoms with E-state index in [9.17, 15) is 9.59 Å². The summed E-state index contributed by atoms with van der Waals surface area (Å²) < 4.78 is 0.948. The van der Waals surface area contributed by atoms with Crippen LogP contribution in [0.4, 0.5) is 0 Å². The molecule has 1 fully saturated rings.